The molecule has 0 aromatic heterocycles. The molecule has 382 valence electrons. The molecule has 14 unspecified atom stereocenters. The highest BCUT2D eigenvalue weighted by Gasteiger charge is 2.52. The van der Waals surface area contributed by atoms with Gasteiger partial charge in [0.05, 0.1) is 71.0 Å². The van der Waals surface area contributed by atoms with Crippen molar-refractivity contribution in [3.63, 3.8) is 0 Å². The number of amides is 1. The Hall–Kier alpha value is -5.77. The minimum Gasteiger partial charge on any atom is -0.507 e. The van der Waals surface area contributed by atoms with E-state index in [0.717, 1.165) is 12.3 Å². The van der Waals surface area contributed by atoms with Crippen LogP contribution in [0, 0.1) is 36.0 Å². The van der Waals surface area contributed by atoms with Gasteiger partial charge in [-0.15, -0.1) is 0 Å². The van der Waals surface area contributed by atoms with Crippen molar-refractivity contribution in [2.24, 2.45) is 29.1 Å². The first-order chi connectivity index (χ1) is 32.7. The quantitative estimate of drug-likeness (QED) is 0.227. The molecular weight excluding hydrogens is 919 g/mol. The largest absolute Gasteiger partial charge is 0.507 e. The molecule has 70 heavy (non-hydrogen) atoms. The summed E-state index contributed by atoms with van der Waals surface area (Å²) in [6.45, 7) is 16.1. The van der Waals surface area contributed by atoms with Crippen LogP contribution >= 0.6 is 0 Å². The Labute approximate surface area is 404 Å². The van der Waals surface area contributed by atoms with Gasteiger partial charge in [0.1, 0.15) is 36.6 Å². The molecule has 6 aliphatic rings. The van der Waals surface area contributed by atoms with E-state index in [-0.39, 0.29) is 47.9 Å². The molecule has 0 radical (unpaired) electrons. The van der Waals surface area contributed by atoms with Crippen molar-refractivity contribution in [1.29, 1.82) is 0 Å². The minimum absolute atomic E-state index is 0.0225. The molecule has 20 heteroatoms. The first-order valence-corrected chi connectivity index (χ1v) is 23.1. The summed E-state index contributed by atoms with van der Waals surface area (Å²) in [5, 5.41) is 47.5. The van der Waals surface area contributed by atoms with Crippen LogP contribution in [0.4, 0.5) is 0 Å². The van der Waals surface area contributed by atoms with E-state index in [1.807, 2.05) is 0 Å². The molecular formula is C50H63NO19. The van der Waals surface area contributed by atoms with Crippen LogP contribution in [0.25, 0.3) is 0 Å². The van der Waals surface area contributed by atoms with E-state index in [1.54, 1.807) is 20.8 Å². The molecule has 2 saturated heterocycles. The number of hydrogen-bond donors (Lipinski definition) is 5. The third kappa shape index (κ3) is 10.8. The maximum absolute atomic E-state index is 14.4. The van der Waals surface area contributed by atoms with Gasteiger partial charge in [0, 0.05) is 61.2 Å². The van der Waals surface area contributed by atoms with E-state index < -0.39 is 148 Å². The molecule has 1 aliphatic carbocycles. The highest BCUT2D eigenvalue weighted by Crippen LogP contribution is 2.48. The van der Waals surface area contributed by atoms with E-state index >= 15 is 0 Å². The molecule has 5 bridgehead atoms. The van der Waals surface area contributed by atoms with Gasteiger partial charge in [0.15, 0.2) is 12.1 Å². The SMILES string of the molecule is CC(=O)OC1C(C)C(OC2CC3OCOC3C(C)O2)C=COC2(C)Oc3c(C)c(O)c4c(c3C2=O)C(=O)C=C(NC(=O)C(C)=CC=CC(C(C)OC(=O)C(C)(C)CC(=O)O)C(O)C(C)C(O)C1C)C4=O. The molecule has 5 aliphatic heterocycles. The van der Waals surface area contributed by atoms with Crippen molar-refractivity contribution in [2.45, 2.75) is 150 Å². The number of aliphatic hydroxyl groups is 2. The van der Waals surface area contributed by atoms with Gasteiger partial charge in [-0.25, -0.2) is 0 Å². The lowest BCUT2D eigenvalue weighted by Gasteiger charge is -2.41. The maximum atomic E-state index is 14.4. The van der Waals surface area contributed by atoms with E-state index in [4.69, 9.17) is 37.9 Å². The summed E-state index contributed by atoms with van der Waals surface area (Å²) < 4.78 is 48.0. The normalized spacial score (nSPS) is 33.3. The average molecular weight is 982 g/mol. The van der Waals surface area contributed by atoms with Crippen LogP contribution in [0.5, 0.6) is 11.5 Å². The number of carboxylic acids is 1. The molecule has 1 amide bonds. The van der Waals surface area contributed by atoms with E-state index in [0.29, 0.717) is 0 Å². The predicted octanol–water partition coefficient (Wildman–Crippen LogP) is 4.29. The number of phenols is 1. The summed E-state index contributed by atoms with van der Waals surface area (Å²) in [6, 6.07) is 0. The standard InChI is InChI=1S/C50H63NO19/c1-21-13-12-14-29(26(6)67-48(62)49(9,10)19-34(54)55)40(57)23(3)39(56)24(4)43(68-28(8)52)22(2)32(69-35-18-33-45(27(7)66-35)64-20-63-33)15-16-65-50(11)46(60)38-36-31(53)17-30(51-47(21)61)42(59)37(36)41(58)25(5)44(38)70-50/h12-17,22-24,26-27,29,32-33,35,39-40,43,45,56-58H,18-20H2,1-11H3,(H,51,61)(H,54,55). The number of carbonyl (C=O) groups excluding carboxylic acids is 6. The summed E-state index contributed by atoms with van der Waals surface area (Å²) in [7, 11) is 0. The number of aromatic hydroxyl groups is 1. The Morgan fingerprint density at radius 3 is 2.30 bits per heavy atom. The van der Waals surface area contributed by atoms with Crippen LogP contribution < -0.4 is 10.1 Å². The van der Waals surface area contributed by atoms with Crippen LogP contribution in [0.15, 0.2) is 47.9 Å². The molecule has 5 heterocycles. The smallest absolute Gasteiger partial charge is 0.312 e. The third-order valence-corrected chi connectivity index (χ3v) is 13.8. The predicted molar refractivity (Wildman–Crippen MR) is 243 cm³/mol. The van der Waals surface area contributed by atoms with Crippen LogP contribution in [0.2, 0.25) is 0 Å². The molecule has 0 saturated carbocycles. The lowest BCUT2D eigenvalue weighted by molar-refractivity contribution is -0.246. The molecule has 14 atom stereocenters. The Morgan fingerprint density at radius 1 is 0.957 bits per heavy atom. The van der Waals surface area contributed by atoms with Gasteiger partial charge in [0.2, 0.25) is 5.78 Å². The number of ether oxygens (including phenoxy) is 8. The highest BCUT2D eigenvalue weighted by molar-refractivity contribution is 6.30. The number of Topliss-reactive ketones (excluding diaryl/α,β-unsaturated/α-hetero) is 2. The minimum atomic E-state index is -2.18. The third-order valence-electron chi connectivity index (χ3n) is 13.8. The fourth-order valence-corrected chi connectivity index (χ4v) is 9.48. The number of carboxylic acid groups (broad SMARTS) is 1. The molecule has 0 spiro atoms. The number of carbonyl (C=O) groups is 7. The number of aliphatic carboxylic acids is 1. The number of allylic oxidation sites excluding steroid dienone is 4. The van der Waals surface area contributed by atoms with Gasteiger partial charge in [-0.2, -0.15) is 0 Å². The molecule has 2 fully saturated rings. The van der Waals surface area contributed by atoms with Crippen LogP contribution in [0.3, 0.4) is 0 Å². The van der Waals surface area contributed by atoms with Crippen LogP contribution in [0.1, 0.15) is 119 Å². The number of ketones is 3. The second kappa shape index (κ2) is 20.9. The maximum Gasteiger partial charge on any atom is 0.312 e. The number of hydrogen-bond acceptors (Lipinski definition) is 18. The summed E-state index contributed by atoms with van der Waals surface area (Å²) in [4.78, 5) is 93.6. The van der Waals surface area contributed by atoms with Gasteiger partial charge in [-0.05, 0) is 47.6 Å². The second-order valence-corrected chi connectivity index (χ2v) is 19.5. The summed E-state index contributed by atoms with van der Waals surface area (Å²) in [5.74, 6) is -13.6. The van der Waals surface area contributed by atoms with Gasteiger partial charge < -0.3 is 63.6 Å². The summed E-state index contributed by atoms with van der Waals surface area (Å²) >= 11 is 0. The Bertz CT molecular complexity index is 2420. The van der Waals surface area contributed by atoms with Crippen molar-refractivity contribution in [2.75, 3.05) is 6.79 Å². The van der Waals surface area contributed by atoms with Crippen LogP contribution in [-0.2, 0) is 52.3 Å². The fourth-order valence-electron chi connectivity index (χ4n) is 9.48. The van der Waals surface area contributed by atoms with E-state index in [9.17, 15) is 54.0 Å². The molecule has 1 aromatic carbocycles. The van der Waals surface area contributed by atoms with Crippen molar-refractivity contribution in [3.05, 3.63) is 70.2 Å². The second-order valence-electron chi connectivity index (χ2n) is 19.5. The first kappa shape index (κ1) is 53.6. The van der Waals surface area contributed by atoms with Gasteiger partial charge in [-0.1, -0.05) is 39.0 Å². The lowest BCUT2D eigenvalue weighted by Crippen LogP contribution is -2.50. The van der Waals surface area contributed by atoms with Crippen LogP contribution in [-0.4, -0.2) is 129 Å². The van der Waals surface area contributed by atoms with Crippen molar-refractivity contribution in [1.82, 2.24) is 5.32 Å². The Kier molecular flexibility index (Phi) is 16.0. The number of fused-ring (bicyclic) bond motifs is 15. The summed E-state index contributed by atoms with van der Waals surface area (Å²) in [5.41, 5.74) is -3.40. The van der Waals surface area contributed by atoms with E-state index in [1.165, 1.54) is 79.7 Å². The fraction of sp³-hybridized carbons (Fsp3) is 0.580. The highest BCUT2D eigenvalue weighted by atomic mass is 16.7. The first-order valence-electron chi connectivity index (χ1n) is 23.1. The lowest BCUT2D eigenvalue weighted by atomic mass is 9.77. The molecule has 5 N–H and O–H groups in total. The van der Waals surface area contributed by atoms with E-state index in [2.05, 4.69) is 5.32 Å². The number of phenolic OH excluding ortho intramolecular Hbond substituents is 1. The number of esters is 2. The number of benzene rings is 1. The zero-order valence-electron chi connectivity index (χ0n) is 41.0. The molecule has 20 nitrogen and oxygen atoms in total. The van der Waals surface area contributed by atoms with Gasteiger partial charge in [0.25, 0.3) is 11.7 Å². The molecule has 7 rings (SSSR count). The van der Waals surface area contributed by atoms with Crippen molar-refractivity contribution in [3.8, 4) is 11.5 Å². The zero-order chi connectivity index (χ0) is 51.9. The molecule has 1 aromatic rings. The number of aliphatic hydroxyl groups excluding tert-OH is 2. The summed E-state index contributed by atoms with van der Waals surface area (Å²) in [6.07, 6.45) is -1.45. The Balaban J connectivity index is 1.45. The van der Waals surface area contributed by atoms with Crippen molar-refractivity contribution < 1.29 is 91.9 Å². The average Bonchev–Trinajstić information content (AvgIpc) is 3.86. The van der Waals surface area contributed by atoms with Gasteiger partial charge in [-0.3, -0.25) is 33.6 Å². The monoisotopic (exact) mass is 981 g/mol. The van der Waals surface area contributed by atoms with Crippen molar-refractivity contribution >= 4 is 41.2 Å². The van der Waals surface area contributed by atoms with Gasteiger partial charge >= 0.3 is 23.7 Å². The Morgan fingerprint density at radius 2 is 1.64 bits per heavy atom. The zero-order valence-corrected chi connectivity index (χ0v) is 41.0. The topological polar surface area (TPSA) is 286 Å². The number of rotatable bonds is 8. The number of nitrogens with one attached hydrogen (secondary N) is 1.